The van der Waals surface area contributed by atoms with Crippen molar-refractivity contribution in [3.63, 3.8) is 0 Å². The lowest BCUT2D eigenvalue weighted by Gasteiger charge is -2.36. The summed E-state index contributed by atoms with van der Waals surface area (Å²) in [5.74, 6) is 0.526. The molecule has 0 bridgehead atoms. The van der Waals surface area contributed by atoms with Crippen molar-refractivity contribution < 1.29 is 9.53 Å². The molecule has 140 valence electrons. The fourth-order valence-corrected chi connectivity index (χ4v) is 3.26. The van der Waals surface area contributed by atoms with Crippen LogP contribution >= 0.6 is 0 Å². The Hall–Kier alpha value is -3.20. The Bertz CT molecular complexity index is 1020. The highest BCUT2D eigenvalue weighted by Gasteiger charge is 2.23. The van der Waals surface area contributed by atoms with E-state index in [-0.39, 0.29) is 23.8 Å². The van der Waals surface area contributed by atoms with E-state index >= 15 is 0 Å². The summed E-state index contributed by atoms with van der Waals surface area (Å²) in [4.78, 5) is 39.6. The van der Waals surface area contributed by atoms with Gasteiger partial charge in [-0.3, -0.25) is 9.78 Å². The Labute approximate surface area is 154 Å². The summed E-state index contributed by atoms with van der Waals surface area (Å²) in [5, 5.41) is 2.79. The number of rotatable bonds is 3. The molecule has 1 aliphatic rings. The van der Waals surface area contributed by atoms with E-state index in [9.17, 15) is 9.59 Å². The number of nitrogens with one attached hydrogen (secondary N) is 3. The van der Waals surface area contributed by atoms with Gasteiger partial charge in [0.25, 0.3) is 5.91 Å². The van der Waals surface area contributed by atoms with Gasteiger partial charge in [0.2, 0.25) is 0 Å². The minimum atomic E-state index is -0.360. The van der Waals surface area contributed by atoms with E-state index in [1.807, 2.05) is 26.0 Å². The molecule has 3 aromatic rings. The van der Waals surface area contributed by atoms with E-state index in [1.54, 1.807) is 12.3 Å². The molecule has 0 radical (unpaired) electrons. The standard InChI is InChI=1S/C18H20N6O3/c1-10-8-24(9-11(2)27-10)15-4-3-13(7-19-15)21-17(25)12-5-14-16(20-6-12)23-18(26)22-14/h3-7,10-11H,8-9H2,1-2H3,(H,21,25)(H2,20,22,23,26). The van der Waals surface area contributed by atoms with Gasteiger partial charge in [-0.25, -0.2) is 14.8 Å². The second-order valence-corrected chi connectivity index (χ2v) is 6.72. The number of nitrogens with zero attached hydrogens (tertiary/aromatic N) is 3. The topological polar surface area (TPSA) is 116 Å². The highest BCUT2D eigenvalue weighted by Crippen LogP contribution is 2.20. The molecule has 9 heteroatoms. The number of aromatic amines is 2. The second kappa shape index (κ2) is 6.84. The van der Waals surface area contributed by atoms with Crippen LogP contribution in [0.4, 0.5) is 11.5 Å². The number of morpholine rings is 1. The van der Waals surface area contributed by atoms with Crippen molar-refractivity contribution in [2.75, 3.05) is 23.3 Å². The summed E-state index contributed by atoms with van der Waals surface area (Å²) in [5.41, 5.74) is 1.47. The fourth-order valence-electron chi connectivity index (χ4n) is 3.26. The number of carbonyl (C=O) groups is 1. The van der Waals surface area contributed by atoms with Crippen molar-refractivity contribution in [3.8, 4) is 0 Å². The maximum atomic E-state index is 12.4. The SMILES string of the molecule is CC1CN(c2ccc(NC(=O)c3cnc4[nH]c(=O)[nH]c4c3)cn2)CC(C)O1. The van der Waals surface area contributed by atoms with Crippen LogP contribution in [0.2, 0.25) is 0 Å². The van der Waals surface area contributed by atoms with Gasteiger partial charge in [-0.05, 0) is 32.0 Å². The van der Waals surface area contributed by atoms with Crippen molar-refractivity contribution >= 4 is 28.6 Å². The molecule has 1 amide bonds. The van der Waals surface area contributed by atoms with Gasteiger partial charge in [-0.1, -0.05) is 0 Å². The average Bonchev–Trinajstić information content (AvgIpc) is 3.00. The van der Waals surface area contributed by atoms with Crippen LogP contribution in [0, 0.1) is 0 Å². The fraction of sp³-hybridized carbons (Fsp3) is 0.333. The summed E-state index contributed by atoms with van der Waals surface area (Å²) < 4.78 is 5.74. The van der Waals surface area contributed by atoms with Gasteiger partial charge in [0.15, 0.2) is 5.65 Å². The largest absolute Gasteiger partial charge is 0.372 e. The van der Waals surface area contributed by atoms with E-state index in [2.05, 4.69) is 30.2 Å². The van der Waals surface area contributed by atoms with Crippen molar-refractivity contribution in [3.05, 3.63) is 46.6 Å². The third-order valence-electron chi connectivity index (χ3n) is 4.38. The smallest absolute Gasteiger partial charge is 0.325 e. The first-order valence-corrected chi connectivity index (χ1v) is 8.74. The van der Waals surface area contributed by atoms with Crippen LogP contribution in [-0.4, -0.2) is 51.1 Å². The first-order valence-electron chi connectivity index (χ1n) is 8.74. The molecule has 4 heterocycles. The number of carbonyl (C=O) groups excluding carboxylic acids is 1. The minimum absolute atomic E-state index is 0.150. The van der Waals surface area contributed by atoms with Crippen LogP contribution in [0.15, 0.2) is 35.4 Å². The van der Waals surface area contributed by atoms with E-state index in [0.29, 0.717) is 22.4 Å². The molecule has 0 aromatic carbocycles. The van der Waals surface area contributed by atoms with Gasteiger partial charge in [0, 0.05) is 19.3 Å². The lowest BCUT2D eigenvalue weighted by molar-refractivity contribution is -0.00545. The predicted molar refractivity (Wildman–Crippen MR) is 101 cm³/mol. The molecule has 0 spiro atoms. The molecule has 9 nitrogen and oxygen atoms in total. The van der Waals surface area contributed by atoms with Crippen LogP contribution in [0.25, 0.3) is 11.2 Å². The molecule has 2 atom stereocenters. The number of ether oxygens (including phenoxy) is 1. The Morgan fingerprint density at radius 1 is 1.19 bits per heavy atom. The van der Waals surface area contributed by atoms with Gasteiger partial charge < -0.3 is 19.9 Å². The lowest BCUT2D eigenvalue weighted by atomic mass is 10.2. The molecule has 4 rings (SSSR count). The first-order chi connectivity index (χ1) is 13.0. The monoisotopic (exact) mass is 368 g/mol. The molecule has 1 saturated heterocycles. The lowest BCUT2D eigenvalue weighted by Crippen LogP contribution is -2.45. The number of hydrogen-bond acceptors (Lipinski definition) is 6. The van der Waals surface area contributed by atoms with Crippen LogP contribution in [0.3, 0.4) is 0 Å². The van der Waals surface area contributed by atoms with E-state index in [0.717, 1.165) is 18.9 Å². The Balaban J connectivity index is 1.47. The summed E-state index contributed by atoms with van der Waals surface area (Å²) >= 11 is 0. The average molecular weight is 368 g/mol. The zero-order valence-electron chi connectivity index (χ0n) is 15.0. The third kappa shape index (κ3) is 3.68. The van der Waals surface area contributed by atoms with Crippen molar-refractivity contribution in [1.82, 2.24) is 19.9 Å². The van der Waals surface area contributed by atoms with Crippen LogP contribution in [0.1, 0.15) is 24.2 Å². The number of hydrogen-bond donors (Lipinski definition) is 3. The Morgan fingerprint density at radius 2 is 1.96 bits per heavy atom. The molecule has 3 aromatic heterocycles. The first kappa shape index (κ1) is 17.2. The van der Waals surface area contributed by atoms with Crippen LogP contribution < -0.4 is 15.9 Å². The van der Waals surface area contributed by atoms with Crippen LogP contribution in [-0.2, 0) is 4.74 Å². The van der Waals surface area contributed by atoms with Crippen molar-refractivity contribution in [2.45, 2.75) is 26.1 Å². The molecule has 0 aliphatic carbocycles. The number of amides is 1. The molecule has 2 unspecified atom stereocenters. The molecule has 0 saturated carbocycles. The summed E-state index contributed by atoms with van der Waals surface area (Å²) in [7, 11) is 0. The molecule has 1 fully saturated rings. The van der Waals surface area contributed by atoms with Gasteiger partial charge in [-0.2, -0.15) is 0 Å². The van der Waals surface area contributed by atoms with Crippen LogP contribution in [0.5, 0.6) is 0 Å². The van der Waals surface area contributed by atoms with Gasteiger partial charge >= 0.3 is 5.69 Å². The van der Waals surface area contributed by atoms with E-state index < -0.39 is 0 Å². The van der Waals surface area contributed by atoms with Crippen molar-refractivity contribution in [2.24, 2.45) is 0 Å². The Kier molecular flexibility index (Phi) is 4.36. The number of H-pyrrole nitrogens is 2. The summed E-state index contributed by atoms with van der Waals surface area (Å²) in [6, 6.07) is 5.27. The summed E-state index contributed by atoms with van der Waals surface area (Å²) in [6.07, 6.45) is 3.34. The summed E-state index contributed by atoms with van der Waals surface area (Å²) in [6.45, 7) is 5.65. The predicted octanol–water partition coefficient (Wildman–Crippen LogP) is 1.51. The highest BCUT2D eigenvalue weighted by atomic mass is 16.5. The quantitative estimate of drug-likeness (QED) is 0.645. The zero-order valence-corrected chi connectivity index (χ0v) is 15.0. The molecule has 1 aliphatic heterocycles. The Morgan fingerprint density at radius 3 is 2.67 bits per heavy atom. The second-order valence-electron chi connectivity index (χ2n) is 6.72. The van der Waals surface area contributed by atoms with Gasteiger partial charge in [-0.15, -0.1) is 0 Å². The molecule has 3 N–H and O–H groups in total. The number of fused-ring (bicyclic) bond motifs is 1. The van der Waals surface area contributed by atoms with Crippen molar-refractivity contribution in [1.29, 1.82) is 0 Å². The highest BCUT2D eigenvalue weighted by molar-refractivity contribution is 6.05. The zero-order chi connectivity index (χ0) is 19.0. The van der Waals surface area contributed by atoms with Gasteiger partial charge in [0.1, 0.15) is 5.82 Å². The molecule has 27 heavy (non-hydrogen) atoms. The number of aromatic nitrogens is 4. The number of imidazole rings is 1. The molecular formula is C18H20N6O3. The third-order valence-corrected chi connectivity index (χ3v) is 4.38. The molecular weight excluding hydrogens is 348 g/mol. The van der Waals surface area contributed by atoms with Gasteiger partial charge in [0.05, 0.1) is 35.2 Å². The minimum Gasteiger partial charge on any atom is -0.372 e. The van der Waals surface area contributed by atoms with E-state index in [4.69, 9.17) is 4.74 Å². The maximum absolute atomic E-state index is 12.4. The number of anilines is 2. The van der Waals surface area contributed by atoms with E-state index in [1.165, 1.54) is 6.20 Å². The maximum Gasteiger partial charge on any atom is 0.325 e. The normalized spacial score (nSPS) is 20.0. The number of pyridine rings is 2.